The molecular formula is C31H32ClN7O3. The summed E-state index contributed by atoms with van der Waals surface area (Å²) >= 11 is 6.02. The molecule has 0 saturated carbocycles. The topological polar surface area (TPSA) is 118 Å². The summed E-state index contributed by atoms with van der Waals surface area (Å²) in [6.07, 6.45) is 1.77. The number of carbonyl (C=O) groups is 2. The first-order chi connectivity index (χ1) is 20.1. The van der Waals surface area contributed by atoms with Crippen molar-refractivity contribution in [3.8, 4) is 17.1 Å². The number of anilines is 1. The van der Waals surface area contributed by atoms with E-state index in [1.807, 2.05) is 58.0 Å². The summed E-state index contributed by atoms with van der Waals surface area (Å²) in [6, 6.07) is 20.8. The van der Waals surface area contributed by atoms with Gasteiger partial charge in [0.05, 0.1) is 12.3 Å². The molecule has 0 aliphatic heterocycles. The number of nitrogens with one attached hydrogen (secondary N) is 2. The highest BCUT2D eigenvalue weighted by Crippen LogP contribution is 2.38. The lowest BCUT2D eigenvalue weighted by Crippen LogP contribution is -2.50. The van der Waals surface area contributed by atoms with Gasteiger partial charge in [0, 0.05) is 38.8 Å². The van der Waals surface area contributed by atoms with E-state index >= 15 is 0 Å². The highest BCUT2D eigenvalue weighted by molar-refractivity contribution is 6.30. The number of amides is 2. The Morgan fingerprint density at radius 3 is 2.50 bits per heavy atom. The normalized spacial score (nSPS) is 12.2. The van der Waals surface area contributed by atoms with E-state index in [2.05, 4.69) is 25.7 Å². The van der Waals surface area contributed by atoms with Gasteiger partial charge in [0.1, 0.15) is 18.3 Å². The number of aromatic nitrogens is 5. The Bertz CT molecular complexity index is 1710. The van der Waals surface area contributed by atoms with E-state index < -0.39 is 17.5 Å². The minimum Gasteiger partial charge on any atom is -0.492 e. The Labute approximate surface area is 248 Å². The van der Waals surface area contributed by atoms with Gasteiger partial charge in [-0.05, 0) is 75.4 Å². The molecule has 5 aromatic rings. The van der Waals surface area contributed by atoms with Crippen molar-refractivity contribution in [3.63, 3.8) is 0 Å². The lowest BCUT2D eigenvalue weighted by molar-refractivity contribution is -0.128. The predicted molar refractivity (Wildman–Crippen MR) is 162 cm³/mol. The van der Waals surface area contributed by atoms with Gasteiger partial charge in [-0.1, -0.05) is 41.9 Å². The van der Waals surface area contributed by atoms with Gasteiger partial charge in [0.25, 0.3) is 5.91 Å². The molecule has 0 saturated heterocycles. The number of tetrazole rings is 1. The fraction of sp³-hybridized carbons (Fsp3) is 0.258. The lowest BCUT2D eigenvalue weighted by Gasteiger charge is -2.34. The van der Waals surface area contributed by atoms with Crippen molar-refractivity contribution in [2.24, 2.45) is 0 Å². The number of hydrogen-bond acceptors (Lipinski definition) is 6. The monoisotopic (exact) mass is 585 g/mol. The minimum absolute atomic E-state index is 0.275. The molecular weight excluding hydrogens is 554 g/mol. The summed E-state index contributed by atoms with van der Waals surface area (Å²) in [5, 5.41) is 17.2. The molecule has 42 heavy (non-hydrogen) atoms. The predicted octanol–water partition coefficient (Wildman–Crippen LogP) is 5.56. The molecule has 0 aliphatic carbocycles. The third-order valence-electron chi connectivity index (χ3n) is 6.45. The van der Waals surface area contributed by atoms with Crippen molar-refractivity contribution in [2.75, 3.05) is 11.5 Å². The number of para-hydroxylation sites is 3. The molecule has 0 bridgehead atoms. The van der Waals surface area contributed by atoms with Crippen LogP contribution in [0, 0.1) is 0 Å². The van der Waals surface area contributed by atoms with E-state index in [0.717, 1.165) is 10.9 Å². The molecule has 2 heterocycles. The number of H-pyrrole nitrogens is 1. The van der Waals surface area contributed by atoms with Crippen LogP contribution in [0.1, 0.15) is 39.3 Å². The minimum atomic E-state index is -1.05. The number of fused-ring (bicyclic) bond motifs is 1. The van der Waals surface area contributed by atoms with Crippen LogP contribution in [0.3, 0.4) is 0 Å². The van der Waals surface area contributed by atoms with Gasteiger partial charge in [0.2, 0.25) is 11.7 Å². The zero-order valence-corrected chi connectivity index (χ0v) is 24.6. The van der Waals surface area contributed by atoms with Crippen molar-refractivity contribution < 1.29 is 14.3 Å². The molecule has 2 N–H and O–H groups in total. The molecule has 1 atom stereocenters. The highest BCUT2D eigenvalue weighted by Gasteiger charge is 2.37. The van der Waals surface area contributed by atoms with Gasteiger partial charge in [-0.2, -0.15) is 4.80 Å². The third-order valence-corrected chi connectivity index (χ3v) is 6.70. The largest absolute Gasteiger partial charge is 0.492 e. The second kappa shape index (κ2) is 12.0. The van der Waals surface area contributed by atoms with Crippen LogP contribution in [-0.2, 0) is 16.1 Å². The van der Waals surface area contributed by atoms with E-state index in [-0.39, 0.29) is 12.5 Å². The van der Waals surface area contributed by atoms with Crippen LogP contribution >= 0.6 is 11.6 Å². The quantitative estimate of drug-likeness (QED) is 0.234. The van der Waals surface area contributed by atoms with E-state index in [1.54, 1.807) is 48.7 Å². The van der Waals surface area contributed by atoms with E-state index in [0.29, 0.717) is 40.0 Å². The molecule has 1 unspecified atom stereocenters. The molecule has 216 valence electrons. The van der Waals surface area contributed by atoms with Crippen molar-refractivity contribution >= 4 is 40.0 Å². The molecule has 11 heteroatoms. The Kier molecular flexibility index (Phi) is 8.26. The van der Waals surface area contributed by atoms with Crippen LogP contribution < -0.4 is 15.0 Å². The number of ether oxygens (including phenoxy) is 1. The maximum Gasteiger partial charge on any atom is 0.251 e. The maximum atomic E-state index is 14.3. The van der Waals surface area contributed by atoms with Gasteiger partial charge in [-0.25, -0.2) is 0 Å². The molecule has 2 aromatic heterocycles. The number of rotatable bonds is 9. The van der Waals surface area contributed by atoms with E-state index in [9.17, 15) is 9.59 Å². The Morgan fingerprint density at radius 1 is 1.05 bits per heavy atom. The molecule has 2 amide bonds. The fourth-order valence-corrected chi connectivity index (χ4v) is 4.85. The number of benzene rings is 3. The van der Waals surface area contributed by atoms with Gasteiger partial charge in [-0.3, -0.25) is 14.5 Å². The average molecular weight is 586 g/mol. The Hall–Kier alpha value is -4.70. The summed E-state index contributed by atoms with van der Waals surface area (Å²) in [7, 11) is 0. The first kappa shape index (κ1) is 28.8. The van der Waals surface area contributed by atoms with Crippen molar-refractivity contribution in [3.05, 3.63) is 89.6 Å². The Morgan fingerprint density at radius 2 is 1.76 bits per heavy atom. The Balaban J connectivity index is 1.61. The smallest absolute Gasteiger partial charge is 0.251 e. The molecule has 0 aliphatic rings. The van der Waals surface area contributed by atoms with Crippen LogP contribution in [-0.4, -0.2) is 49.2 Å². The zero-order valence-electron chi connectivity index (χ0n) is 23.8. The average Bonchev–Trinajstić information content (AvgIpc) is 3.59. The second-order valence-electron chi connectivity index (χ2n) is 10.7. The van der Waals surface area contributed by atoms with Crippen molar-refractivity contribution in [1.82, 2.24) is 30.5 Å². The van der Waals surface area contributed by atoms with Gasteiger partial charge in [0.15, 0.2) is 0 Å². The van der Waals surface area contributed by atoms with Crippen LogP contribution in [0.4, 0.5) is 5.69 Å². The number of halogens is 1. The molecule has 5 rings (SSSR count). The van der Waals surface area contributed by atoms with E-state index in [1.165, 1.54) is 9.70 Å². The molecule has 0 fully saturated rings. The van der Waals surface area contributed by atoms with Gasteiger partial charge < -0.3 is 15.0 Å². The molecule has 10 nitrogen and oxygen atoms in total. The standard InChI is InChI=1S/C31H32ClN7O3/c1-5-42-26-13-9-8-12-25(26)39(27(40)19-38-36-29(35-37-38)20-14-16-21(32)17-15-20)28(30(41)34-31(2,3)4)23-18-33-24-11-7-6-10-22(23)24/h6-18,28,33H,5,19H2,1-4H3,(H,34,41). The maximum absolute atomic E-state index is 14.3. The van der Waals surface area contributed by atoms with Crippen LogP contribution in [0.5, 0.6) is 5.75 Å². The van der Waals surface area contributed by atoms with Crippen LogP contribution in [0.25, 0.3) is 22.3 Å². The van der Waals surface area contributed by atoms with E-state index in [4.69, 9.17) is 16.3 Å². The number of aromatic amines is 1. The van der Waals surface area contributed by atoms with Crippen LogP contribution in [0.2, 0.25) is 5.02 Å². The van der Waals surface area contributed by atoms with Gasteiger partial charge in [-0.15, -0.1) is 10.2 Å². The summed E-state index contributed by atoms with van der Waals surface area (Å²) < 4.78 is 5.93. The highest BCUT2D eigenvalue weighted by atomic mass is 35.5. The summed E-state index contributed by atoms with van der Waals surface area (Å²) in [4.78, 5) is 34.4. The third kappa shape index (κ3) is 6.28. The number of nitrogens with zero attached hydrogens (tertiary/aromatic N) is 5. The first-order valence-corrected chi connectivity index (χ1v) is 14.0. The number of hydrogen-bond donors (Lipinski definition) is 2. The fourth-order valence-electron chi connectivity index (χ4n) is 4.73. The number of carbonyl (C=O) groups excluding carboxylic acids is 2. The summed E-state index contributed by atoms with van der Waals surface area (Å²) in [6.45, 7) is 7.66. The lowest BCUT2D eigenvalue weighted by atomic mass is 10.00. The molecule has 3 aromatic carbocycles. The van der Waals surface area contributed by atoms with Gasteiger partial charge >= 0.3 is 0 Å². The first-order valence-electron chi connectivity index (χ1n) is 13.6. The zero-order chi connectivity index (χ0) is 29.9. The van der Waals surface area contributed by atoms with Crippen LogP contribution in [0.15, 0.2) is 79.0 Å². The van der Waals surface area contributed by atoms with Crippen molar-refractivity contribution in [1.29, 1.82) is 0 Å². The summed E-state index contributed by atoms with van der Waals surface area (Å²) in [5.41, 5.74) is 2.08. The second-order valence-corrected chi connectivity index (χ2v) is 11.2. The molecule has 0 radical (unpaired) electrons. The SMILES string of the molecule is CCOc1ccccc1N(C(=O)Cn1nnc(-c2ccc(Cl)cc2)n1)C(C(=O)NC(C)(C)C)c1c[nH]c2ccccc12. The summed E-state index contributed by atoms with van der Waals surface area (Å²) in [5.74, 6) is 0.0383. The molecule has 0 spiro atoms. The van der Waals surface area contributed by atoms with Crippen molar-refractivity contribution in [2.45, 2.75) is 45.8 Å².